The fraction of sp³-hybridized carbons (Fsp3) is 0.889. The topological polar surface area (TPSA) is 51.2 Å². The van der Waals surface area contributed by atoms with Gasteiger partial charge in [0.1, 0.15) is 5.78 Å². The molecule has 0 aromatic carbocycles. The quantitative estimate of drug-likeness (QED) is 0.598. The van der Waals surface area contributed by atoms with Crippen LogP contribution in [0.25, 0.3) is 0 Å². The average molecular weight is 204 g/mol. The van der Waals surface area contributed by atoms with Gasteiger partial charge in [0.05, 0.1) is 9.49 Å². The molecule has 0 N–H and O–H groups in total. The molecule has 13 heavy (non-hydrogen) atoms. The fourth-order valence-electron chi connectivity index (χ4n) is 1.95. The highest BCUT2D eigenvalue weighted by molar-refractivity contribution is 7.94. The SMILES string of the molecule is CC1(C)CC(=O)CC(C)(C)S1(=O)=O. The van der Waals surface area contributed by atoms with Gasteiger partial charge in [0.25, 0.3) is 0 Å². The Kier molecular flexibility index (Phi) is 2.11. The van der Waals surface area contributed by atoms with E-state index in [-0.39, 0.29) is 18.6 Å². The van der Waals surface area contributed by atoms with Crippen molar-refractivity contribution in [3.05, 3.63) is 0 Å². The first-order valence-electron chi connectivity index (χ1n) is 4.36. The van der Waals surface area contributed by atoms with Crippen LogP contribution in [0.15, 0.2) is 0 Å². The van der Waals surface area contributed by atoms with Crippen molar-refractivity contribution in [2.24, 2.45) is 0 Å². The second kappa shape index (κ2) is 2.56. The highest BCUT2D eigenvalue weighted by Gasteiger charge is 2.51. The third-order valence-electron chi connectivity index (χ3n) is 2.70. The first-order chi connectivity index (χ1) is 5.60. The van der Waals surface area contributed by atoms with Gasteiger partial charge < -0.3 is 0 Å². The van der Waals surface area contributed by atoms with E-state index < -0.39 is 19.3 Å². The molecular weight excluding hydrogens is 188 g/mol. The van der Waals surface area contributed by atoms with Gasteiger partial charge in [-0.05, 0) is 27.7 Å². The van der Waals surface area contributed by atoms with Crippen molar-refractivity contribution in [3.63, 3.8) is 0 Å². The van der Waals surface area contributed by atoms with Gasteiger partial charge in [-0.15, -0.1) is 0 Å². The van der Waals surface area contributed by atoms with E-state index in [9.17, 15) is 13.2 Å². The van der Waals surface area contributed by atoms with E-state index in [2.05, 4.69) is 0 Å². The van der Waals surface area contributed by atoms with Crippen molar-refractivity contribution >= 4 is 15.6 Å². The summed E-state index contributed by atoms with van der Waals surface area (Å²) in [4.78, 5) is 11.3. The molecule has 1 fully saturated rings. The minimum Gasteiger partial charge on any atom is -0.300 e. The summed E-state index contributed by atoms with van der Waals surface area (Å²) in [5, 5.41) is 0. The maximum atomic E-state index is 11.9. The first kappa shape index (κ1) is 10.7. The van der Waals surface area contributed by atoms with Gasteiger partial charge in [-0.2, -0.15) is 0 Å². The van der Waals surface area contributed by atoms with Gasteiger partial charge >= 0.3 is 0 Å². The van der Waals surface area contributed by atoms with E-state index in [0.717, 1.165) is 0 Å². The molecule has 76 valence electrons. The van der Waals surface area contributed by atoms with Crippen molar-refractivity contribution in [1.29, 1.82) is 0 Å². The van der Waals surface area contributed by atoms with Crippen LogP contribution in [0, 0.1) is 0 Å². The van der Waals surface area contributed by atoms with Crippen LogP contribution in [0.1, 0.15) is 40.5 Å². The van der Waals surface area contributed by atoms with E-state index >= 15 is 0 Å². The largest absolute Gasteiger partial charge is 0.300 e. The Morgan fingerprint density at radius 1 is 1.00 bits per heavy atom. The lowest BCUT2D eigenvalue weighted by Crippen LogP contribution is -2.52. The molecule has 0 saturated carbocycles. The summed E-state index contributed by atoms with van der Waals surface area (Å²) in [6, 6.07) is 0. The highest BCUT2D eigenvalue weighted by Crippen LogP contribution is 2.39. The Morgan fingerprint density at radius 2 is 1.31 bits per heavy atom. The maximum absolute atomic E-state index is 11.9. The molecule has 1 aliphatic heterocycles. The molecule has 0 radical (unpaired) electrons. The smallest absolute Gasteiger partial charge is 0.161 e. The minimum atomic E-state index is -3.19. The average Bonchev–Trinajstić information content (AvgIpc) is 1.80. The number of carbonyl (C=O) groups excluding carboxylic acids is 1. The summed E-state index contributed by atoms with van der Waals surface area (Å²) in [5.74, 6) is 0.0461. The summed E-state index contributed by atoms with van der Waals surface area (Å²) in [5.41, 5.74) is 0. The Bertz CT molecular complexity index is 310. The molecular formula is C9H16O3S. The van der Waals surface area contributed by atoms with Crippen LogP contribution in [0.2, 0.25) is 0 Å². The molecule has 0 aromatic heterocycles. The number of ketones is 1. The molecule has 0 spiro atoms. The van der Waals surface area contributed by atoms with Crippen LogP contribution in [0.3, 0.4) is 0 Å². The van der Waals surface area contributed by atoms with E-state index in [1.54, 1.807) is 27.7 Å². The number of hydrogen-bond donors (Lipinski definition) is 0. The van der Waals surface area contributed by atoms with Gasteiger partial charge in [-0.25, -0.2) is 8.42 Å². The van der Waals surface area contributed by atoms with Crippen molar-refractivity contribution in [3.8, 4) is 0 Å². The van der Waals surface area contributed by atoms with Crippen molar-refractivity contribution in [1.82, 2.24) is 0 Å². The molecule has 0 aromatic rings. The first-order valence-corrected chi connectivity index (χ1v) is 5.84. The van der Waals surface area contributed by atoms with Gasteiger partial charge in [-0.3, -0.25) is 4.79 Å². The van der Waals surface area contributed by atoms with Crippen LogP contribution in [-0.2, 0) is 14.6 Å². The second-order valence-corrected chi connectivity index (χ2v) is 8.13. The molecule has 0 bridgehead atoms. The second-order valence-electron chi connectivity index (χ2n) is 4.92. The Morgan fingerprint density at radius 3 is 1.62 bits per heavy atom. The molecule has 0 unspecified atom stereocenters. The van der Waals surface area contributed by atoms with Gasteiger partial charge in [0.2, 0.25) is 0 Å². The molecule has 3 nitrogen and oxygen atoms in total. The lowest BCUT2D eigenvalue weighted by atomic mass is 9.97. The van der Waals surface area contributed by atoms with Crippen LogP contribution >= 0.6 is 0 Å². The van der Waals surface area contributed by atoms with Crippen molar-refractivity contribution in [2.75, 3.05) is 0 Å². The van der Waals surface area contributed by atoms with Gasteiger partial charge in [0.15, 0.2) is 9.84 Å². The van der Waals surface area contributed by atoms with E-state index in [0.29, 0.717) is 0 Å². The predicted molar refractivity (Wildman–Crippen MR) is 51.3 cm³/mol. The Balaban J connectivity index is 3.27. The molecule has 0 aliphatic carbocycles. The molecule has 1 saturated heterocycles. The normalized spacial score (nSPS) is 30.0. The lowest BCUT2D eigenvalue weighted by Gasteiger charge is -2.39. The van der Waals surface area contributed by atoms with Crippen LogP contribution in [0.4, 0.5) is 0 Å². The van der Waals surface area contributed by atoms with E-state index in [1.165, 1.54) is 0 Å². The highest BCUT2D eigenvalue weighted by atomic mass is 32.2. The third kappa shape index (κ3) is 1.41. The molecule has 1 aliphatic rings. The summed E-state index contributed by atoms with van der Waals surface area (Å²) in [7, 11) is -3.19. The number of hydrogen-bond acceptors (Lipinski definition) is 3. The molecule has 0 atom stereocenters. The molecule has 1 rings (SSSR count). The summed E-state index contributed by atoms with van der Waals surface area (Å²) in [6.45, 7) is 6.50. The van der Waals surface area contributed by atoms with Crippen LogP contribution in [0.5, 0.6) is 0 Å². The number of carbonyl (C=O) groups is 1. The third-order valence-corrected chi connectivity index (χ3v) is 5.90. The fourth-order valence-corrected chi connectivity index (χ4v) is 4.15. The zero-order valence-electron chi connectivity index (χ0n) is 8.55. The lowest BCUT2D eigenvalue weighted by molar-refractivity contribution is -0.120. The standard InChI is InChI=1S/C9H16O3S/c1-8(2)5-7(10)6-9(3,4)13(8,11)12/h5-6H2,1-4H3. The van der Waals surface area contributed by atoms with Crippen LogP contribution < -0.4 is 0 Å². The van der Waals surface area contributed by atoms with Crippen molar-refractivity contribution < 1.29 is 13.2 Å². The Hall–Kier alpha value is -0.380. The Labute approximate surface area is 79.4 Å². The van der Waals surface area contributed by atoms with E-state index in [1.807, 2.05) is 0 Å². The van der Waals surface area contributed by atoms with Gasteiger partial charge in [-0.1, -0.05) is 0 Å². The van der Waals surface area contributed by atoms with Crippen molar-refractivity contribution in [2.45, 2.75) is 50.0 Å². The summed E-state index contributed by atoms with van der Waals surface area (Å²) in [6.07, 6.45) is 0.303. The summed E-state index contributed by atoms with van der Waals surface area (Å²) < 4.78 is 22.1. The predicted octanol–water partition coefficient (Wildman–Crippen LogP) is 1.32. The number of rotatable bonds is 0. The monoisotopic (exact) mass is 204 g/mol. The maximum Gasteiger partial charge on any atom is 0.161 e. The molecule has 1 heterocycles. The summed E-state index contributed by atoms with van der Waals surface area (Å²) >= 11 is 0. The zero-order chi connectivity index (χ0) is 10.5. The number of sulfone groups is 1. The van der Waals surface area contributed by atoms with Crippen LogP contribution in [-0.4, -0.2) is 23.7 Å². The van der Waals surface area contributed by atoms with Gasteiger partial charge in [0, 0.05) is 12.8 Å². The molecule has 0 amide bonds. The molecule has 4 heteroatoms. The van der Waals surface area contributed by atoms with E-state index in [4.69, 9.17) is 0 Å². The minimum absolute atomic E-state index is 0.0461. The zero-order valence-corrected chi connectivity index (χ0v) is 9.36. The number of Topliss-reactive ketones (excluding diaryl/α,β-unsaturated/α-hetero) is 1.